The molecule has 1 aliphatic rings. The molecule has 1 saturated heterocycles. The molecule has 0 radical (unpaired) electrons. The second kappa shape index (κ2) is 9.47. The maximum absolute atomic E-state index is 13.7. The van der Waals surface area contributed by atoms with Crippen LogP contribution in [0.5, 0.6) is 0 Å². The first-order valence-corrected chi connectivity index (χ1v) is 9.42. The second-order valence-corrected chi connectivity index (χ2v) is 6.87. The molecule has 0 saturated carbocycles. The normalized spacial score (nSPS) is 15.1. The zero-order valence-electron chi connectivity index (χ0n) is 16.2. The van der Waals surface area contributed by atoms with E-state index in [1.165, 1.54) is 0 Å². The number of halogens is 2. The van der Waals surface area contributed by atoms with E-state index in [0.717, 1.165) is 48.4 Å². The fraction of sp³-hybridized carbons (Fsp3) is 0.333. The molecule has 2 aromatic carbocycles. The Morgan fingerprint density at radius 3 is 2.59 bits per heavy atom. The second-order valence-electron chi connectivity index (χ2n) is 6.87. The van der Waals surface area contributed by atoms with Gasteiger partial charge in [0.15, 0.2) is 0 Å². The van der Waals surface area contributed by atoms with Gasteiger partial charge in [0.1, 0.15) is 5.82 Å². The van der Waals surface area contributed by atoms with Gasteiger partial charge in [0.25, 0.3) is 6.47 Å². The fourth-order valence-corrected chi connectivity index (χ4v) is 3.59. The zero-order valence-corrected chi connectivity index (χ0v) is 16.2. The Morgan fingerprint density at radius 1 is 1.07 bits per heavy atom. The molecular weight excluding hydrogens is 378 g/mol. The van der Waals surface area contributed by atoms with Crippen LogP contribution in [-0.4, -0.2) is 59.3 Å². The summed E-state index contributed by atoms with van der Waals surface area (Å²) < 4.78 is 28.5. The molecule has 0 aliphatic carbocycles. The molecular formula is C21H24F2N4O2. The van der Waals surface area contributed by atoms with Crippen LogP contribution in [0.25, 0.3) is 22.4 Å². The summed E-state index contributed by atoms with van der Waals surface area (Å²) in [7, 11) is 2.13. The number of benzene rings is 2. The van der Waals surface area contributed by atoms with Crippen molar-refractivity contribution >= 4 is 23.2 Å². The quantitative estimate of drug-likeness (QED) is 0.673. The van der Waals surface area contributed by atoms with Crippen molar-refractivity contribution in [2.75, 3.05) is 38.1 Å². The van der Waals surface area contributed by atoms with E-state index in [1.807, 2.05) is 30.3 Å². The Labute approximate surface area is 168 Å². The van der Waals surface area contributed by atoms with Crippen molar-refractivity contribution in [3.63, 3.8) is 0 Å². The molecule has 8 heteroatoms. The minimum Gasteiger partial charge on any atom is -0.483 e. The molecule has 2 heterocycles. The Balaban J connectivity index is 0.000000755. The monoisotopic (exact) mass is 402 g/mol. The highest BCUT2D eigenvalue weighted by atomic mass is 19.3. The van der Waals surface area contributed by atoms with Gasteiger partial charge in [0.2, 0.25) is 0 Å². The number of para-hydroxylation sites is 2. The zero-order chi connectivity index (χ0) is 20.8. The van der Waals surface area contributed by atoms with E-state index in [4.69, 9.17) is 9.90 Å². The number of carboxylic acid groups (broad SMARTS) is 1. The van der Waals surface area contributed by atoms with E-state index in [0.29, 0.717) is 16.9 Å². The number of carbonyl (C=O) groups is 1. The van der Waals surface area contributed by atoms with Crippen molar-refractivity contribution < 1.29 is 18.7 Å². The predicted octanol–water partition coefficient (Wildman–Crippen LogP) is 3.94. The molecule has 1 fully saturated rings. The van der Waals surface area contributed by atoms with Crippen LogP contribution in [-0.2, 0) is 4.79 Å². The van der Waals surface area contributed by atoms with E-state index in [9.17, 15) is 8.78 Å². The molecule has 3 aromatic rings. The molecule has 0 bridgehead atoms. The molecule has 0 amide bonds. The number of aromatic nitrogens is 2. The van der Waals surface area contributed by atoms with Gasteiger partial charge >= 0.3 is 6.55 Å². The van der Waals surface area contributed by atoms with Crippen LogP contribution in [0.2, 0.25) is 0 Å². The summed E-state index contributed by atoms with van der Waals surface area (Å²) in [6.07, 6.45) is 1.09. The third kappa shape index (κ3) is 4.71. The van der Waals surface area contributed by atoms with Crippen LogP contribution in [0.1, 0.15) is 13.0 Å². The maximum Gasteiger partial charge on any atom is 0.320 e. The topological polar surface area (TPSA) is 61.6 Å². The highest BCUT2D eigenvalue weighted by Crippen LogP contribution is 2.31. The number of nitrogens with zero attached hydrogens (tertiary/aromatic N) is 4. The standard InChI is InChI=1S/C20H22F2N4.CH2O2/c1-24-10-5-11-25(13-12-24)16-7-4-6-15(14-16)19-23-17-8-2-3-9-18(17)26(19)20(21)22;2-1-3/h2-4,6-9,14,20H,5,10-13H2,1H3;1H,(H,2,3). The molecule has 1 aromatic heterocycles. The number of anilines is 1. The molecule has 1 aliphatic heterocycles. The Bertz CT molecular complexity index is 961. The van der Waals surface area contributed by atoms with E-state index < -0.39 is 6.55 Å². The van der Waals surface area contributed by atoms with Crippen molar-refractivity contribution in [1.29, 1.82) is 0 Å². The number of hydrogen-bond donors (Lipinski definition) is 1. The predicted molar refractivity (Wildman–Crippen MR) is 109 cm³/mol. The number of imidazole rings is 1. The molecule has 1 N–H and O–H groups in total. The summed E-state index contributed by atoms with van der Waals surface area (Å²) in [5.74, 6) is 0.315. The first kappa shape index (κ1) is 20.7. The number of hydrogen-bond acceptors (Lipinski definition) is 4. The first-order chi connectivity index (χ1) is 14.0. The van der Waals surface area contributed by atoms with Gasteiger partial charge in [-0.1, -0.05) is 24.3 Å². The molecule has 29 heavy (non-hydrogen) atoms. The minimum absolute atomic E-state index is 0.250. The molecule has 0 atom stereocenters. The highest BCUT2D eigenvalue weighted by molar-refractivity contribution is 5.81. The lowest BCUT2D eigenvalue weighted by molar-refractivity contribution is -0.122. The summed E-state index contributed by atoms with van der Waals surface area (Å²) in [4.78, 5) is 17.5. The van der Waals surface area contributed by atoms with Crippen LogP contribution in [0, 0.1) is 0 Å². The van der Waals surface area contributed by atoms with Gasteiger partial charge < -0.3 is 14.9 Å². The Morgan fingerprint density at radius 2 is 1.83 bits per heavy atom. The maximum atomic E-state index is 13.7. The van der Waals surface area contributed by atoms with Crippen molar-refractivity contribution in [2.24, 2.45) is 0 Å². The van der Waals surface area contributed by atoms with Gasteiger partial charge in [-0.2, -0.15) is 8.78 Å². The Hall–Kier alpha value is -3.00. The van der Waals surface area contributed by atoms with Crippen LogP contribution < -0.4 is 4.90 Å². The summed E-state index contributed by atoms with van der Waals surface area (Å²) in [6, 6.07) is 14.8. The van der Waals surface area contributed by atoms with Crippen molar-refractivity contribution in [1.82, 2.24) is 14.5 Å². The lowest BCUT2D eigenvalue weighted by Gasteiger charge is -2.23. The van der Waals surface area contributed by atoms with Crippen LogP contribution >= 0.6 is 0 Å². The fourth-order valence-electron chi connectivity index (χ4n) is 3.59. The van der Waals surface area contributed by atoms with Crippen molar-refractivity contribution in [2.45, 2.75) is 13.0 Å². The highest BCUT2D eigenvalue weighted by Gasteiger charge is 2.20. The van der Waals surface area contributed by atoms with Crippen LogP contribution in [0.3, 0.4) is 0 Å². The number of fused-ring (bicyclic) bond motifs is 1. The van der Waals surface area contributed by atoms with Gasteiger partial charge in [0.05, 0.1) is 11.0 Å². The summed E-state index contributed by atoms with van der Waals surface area (Å²) in [5, 5.41) is 6.89. The first-order valence-electron chi connectivity index (χ1n) is 9.42. The lowest BCUT2D eigenvalue weighted by Crippen LogP contribution is -2.28. The Kier molecular flexibility index (Phi) is 6.77. The molecule has 0 spiro atoms. The van der Waals surface area contributed by atoms with Crippen molar-refractivity contribution in [3.8, 4) is 11.4 Å². The van der Waals surface area contributed by atoms with Gasteiger partial charge in [-0.25, -0.2) is 4.98 Å². The average Bonchev–Trinajstić information content (AvgIpc) is 2.98. The van der Waals surface area contributed by atoms with Gasteiger partial charge in [0, 0.05) is 30.9 Å². The number of alkyl halides is 2. The SMILES string of the molecule is CN1CCCN(c2cccc(-c3nc4ccccc4n3C(F)F)c2)CC1.O=CO. The van der Waals surface area contributed by atoms with Crippen LogP contribution in [0.4, 0.5) is 14.5 Å². The average molecular weight is 402 g/mol. The lowest BCUT2D eigenvalue weighted by atomic mass is 10.1. The molecule has 6 nitrogen and oxygen atoms in total. The number of rotatable bonds is 3. The van der Waals surface area contributed by atoms with Crippen molar-refractivity contribution in [3.05, 3.63) is 48.5 Å². The van der Waals surface area contributed by atoms with Gasteiger partial charge in [-0.3, -0.25) is 9.36 Å². The third-order valence-electron chi connectivity index (χ3n) is 4.98. The molecule has 154 valence electrons. The third-order valence-corrected chi connectivity index (χ3v) is 4.98. The smallest absolute Gasteiger partial charge is 0.320 e. The van der Waals surface area contributed by atoms with E-state index in [1.54, 1.807) is 18.2 Å². The van der Waals surface area contributed by atoms with E-state index >= 15 is 0 Å². The molecule has 0 unspecified atom stereocenters. The van der Waals surface area contributed by atoms with Crippen LogP contribution in [0.15, 0.2) is 48.5 Å². The van der Waals surface area contributed by atoms with Gasteiger partial charge in [-0.05, 0) is 44.3 Å². The van der Waals surface area contributed by atoms with E-state index in [2.05, 4.69) is 21.8 Å². The number of likely N-dealkylation sites (N-methyl/N-ethyl adjacent to an activating group) is 1. The largest absolute Gasteiger partial charge is 0.483 e. The summed E-state index contributed by atoms with van der Waals surface area (Å²) in [6.45, 7) is 1.11. The van der Waals surface area contributed by atoms with E-state index in [-0.39, 0.29) is 6.47 Å². The molecule has 4 rings (SSSR count). The summed E-state index contributed by atoms with van der Waals surface area (Å²) >= 11 is 0. The van der Waals surface area contributed by atoms with Gasteiger partial charge in [-0.15, -0.1) is 0 Å². The minimum atomic E-state index is -2.63. The summed E-state index contributed by atoms with van der Waals surface area (Å²) in [5.41, 5.74) is 2.83.